The summed E-state index contributed by atoms with van der Waals surface area (Å²) in [6.07, 6.45) is 0. The summed E-state index contributed by atoms with van der Waals surface area (Å²) in [7, 11) is -11.8. The number of hydrogen-bond donors (Lipinski definition) is 0. The molecule has 0 aromatic heterocycles. The van der Waals surface area contributed by atoms with Gasteiger partial charge in [-0.3, -0.25) is 0 Å². The van der Waals surface area contributed by atoms with Gasteiger partial charge in [0.05, 0.1) is 0 Å². The third-order valence-electron chi connectivity index (χ3n) is 0.300. The van der Waals surface area contributed by atoms with E-state index in [9.17, 15) is 28.7 Å². The second-order valence-corrected chi connectivity index (χ2v) is 5.75. The molecule has 0 bridgehead atoms. The third kappa shape index (κ3) is 6.27. The van der Waals surface area contributed by atoms with Crippen molar-refractivity contribution >= 4 is 14.6 Å². The molecule has 0 unspecified atom stereocenters. The molecule has 0 aromatic carbocycles. The average molecular weight is 289 g/mol. The average Bonchev–Trinajstić information content (AvgIpc) is 1.25. The maximum atomic E-state index is 9.24. The predicted octanol–water partition coefficient (Wildman–Crippen LogP) is -3.28. The molecule has 0 aliphatic carbocycles. The van der Waals surface area contributed by atoms with Crippen LogP contribution in [0.4, 0.5) is 0 Å². The Bertz CT molecular complexity index is 143. The first-order valence-corrected chi connectivity index (χ1v) is 5.09. The summed E-state index contributed by atoms with van der Waals surface area (Å²) < 4.78 is 18.5. The largest absolute Gasteiger partial charge is 2.00 e. The first kappa shape index (κ1) is 17.6. The topological polar surface area (TPSA) is 126 Å². The van der Waals surface area contributed by atoms with Crippen molar-refractivity contribution in [3.63, 3.8) is 0 Å². The number of hydrogen-bond acceptors (Lipinski definition) is 6. The summed E-state index contributed by atoms with van der Waals surface area (Å²) in [5, 5.41) is 0. The zero-order valence-corrected chi connectivity index (χ0v) is 12.5. The zero-order chi connectivity index (χ0) is 7.00. The molecule has 0 aromatic rings. The molecule has 0 saturated carbocycles. The minimum atomic E-state index is -5.91. The maximum absolute atomic E-state index is 9.24. The van der Waals surface area contributed by atoms with Crippen molar-refractivity contribution in [1.82, 2.24) is 0 Å². The van der Waals surface area contributed by atoms with Crippen LogP contribution in [0.3, 0.4) is 0 Å². The molecule has 0 saturated heterocycles. The fourth-order valence-electron chi connectivity index (χ4n) is 0. The van der Waals surface area contributed by atoms with Gasteiger partial charge in [-0.2, -0.15) is 0 Å². The molecule has 0 N–H and O–H groups in total. The Morgan fingerprint density at radius 1 is 0.700 bits per heavy atom. The monoisotopic (exact) mass is 286 g/mol. The van der Waals surface area contributed by atoms with Gasteiger partial charge in [0.1, 0.15) is 0 Å². The van der Waals surface area contributed by atoms with Crippen LogP contribution < -0.4 is 19.6 Å². The fraction of sp³-hybridized carbons (Fsp3) is 0. The molecule has 0 spiro atoms. The van der Waals surface area contributed by atoms with Crippen LogP contribution >= 0.6 is 14.6 Å². The molecule has 0 aliphatic rings. The van der Waals surface area contributed by atoms with E-state index < -0.39 is 14.6 Å². The minimum Gasteiger partial charge on any atom is -0.807 e. The Kier molecular flexibility index (Phi) is 9.21. The molecule has 10 heteroatoms. The summed E-state index contributed by atoms with van der Waals surface area (Å²) in [6.45, 7) is 0. The second kappa shape index (κ2) is 5.24. The maximum Gasteiger partial charge on any atom is 2.00 e. The SMILES string of the molecule is O=P([O-])([O-])P(=O)([O-])[O-].[Zn+2].[Zn+2]. The van der Waals surface area contributed by atoms with Gasteiger partial charge in [-0.1, -0.05) is 0 Å². The molecule has 50 valence electrons. The molecular formula is O6P2Zn2. The Balaban J connectivity index is -0.000000245. The first-order chi connectivity index (χ1) is 3.25. The number of rotatable bonds is 1. The van der Waals surface area contributed by atoms with E-state index >= 15 is 0 Å². The van der Waals surface area contributed by atoms with Crippen LogP contribution in [0.25, 0.3) is 0 Å². The van der Waals surface area contributed by atoms with E-state index in [1.807, 2.05) is 0 Å². The Morgan fingerprint density at radius 2 is 0.800 bits per heavy atom. The van der Waals surface area contributed by atoms with Crippen molar-refractivity contribution in [3.05, 3.63) is 0 Å². The van der Waals surface area contributed by atoms with Gasteiger partial charge in [-0.05, 0) is 14.6 Å². The van der Waals surface area contributed by atoms with Gasteiger partial charge in [-0.25, -0.2) is 0 Å². The summed E-state index contributed by atoms with van der Waals surface area (Å²) >= 11 is 0. The minimum absolute atomic E-state index is 0. The van der Waals surface area contributed by atoms with Gasteiger partial charge in [0.15, 0.2) is 0 Å². The standard InChI is InChI=1S/H4O6P2.2Zn/c1-7(2,3)8(4,5)6;;/h(H2,1,2,3)(H2,4,5,6);;/q;2*+2/p-4. The van der Waals surface area contributed by atoms with Gasteiger partial charge in [-0.15, -0.1) is 0 Å². The summed E-state index contributed by atoms with van der Waals surface area (Å²) in [5.41, 5.74) is 0. The molecule has 0 heterocycles. The van der Waals surface area contributed by atoms with Crippen LogP contribution in [-0.2, 0) is 48.1 Å². The Morgan fingerprint density at radius 3 is 0.800 bits per heavy atom. The molecule has 6 nitrogen and oxygen atoms in total. The van der Waals surface area contributed by atoms with Gasteiger partial charge in [0, 0.05) is 0 Å². The van der Waals surface area contributed by atoms with Crippen LogP contribution in [-0.4, -0.2) is 0 Å². The molecule has 0 rings (SSSR count). The van der Waals surface area contributed by atoms with Crippen LogP contribution in [0, 0.1) is 0 Å². The third-order valence-corrected chi connectivity index (χ3v) is 2.70. The summed E-state index contributed by atoms with van der Waals surface area (Å²) in [5.74, 6) is 0. The molecule has 0 atom stereocenters. The first-order valence-electron chi connectivity index (χ1n) is 1.30. The Labute approximate surface area is 82.1 Å². The molecule has 10 heavy (non-hydrogen) atoms. The van der Waals surface area contributed by atoms with Crippen LogP contribution in [0.15, 0.2) is 0 Å². The summed E-state index contributed by atoms with van der Waals surface area (Å²) in [4.78, 5) is 36.9. The van der Waals surface area contributed by atoms with E-state index in [-0.39, 0.29) is 39.0 Å². The van der Waals surface area contributed by atoms with E-state index in [2.05, 4.69) is 0 Å². The molecule has 0 radical (unpaired) electrons. The van der Waals surface area contributed by atoms with Crippen molar-refractivity contribution < 1.29 is 67.7 Å². The van der Waals surface area contributed by atoms with Crippen molar-refractivity contribution in [3.8, 4) is 0 Å². The van der Waals surface area contributed by atoms with Crippen molar-refractivity contribution in [1.29, 1.82) is 0 Å². The quantitative estimate of drug-likeness (QED) is 0.368. The van der Waals surface area contributed by atoms with Crippen LogP contribution in [0.5, 0.6) is 0 Å². The van der Waals surface area contributed by atoms with E-state index in [0.29, 0.717) is 0 Å². The molecule has 0 aliphatic heterocycles. The fourth-order valence-corrected chi connectivity index (χ4v) is 0. The van der Waals surface area contributed by atoms with Crippen LogP contribution in [0.2, 0.25) is 0 Å². The van der Waals surface area contributed by atoms with Gasteiger partial charge >= 0.3 is 39.0 Å². The van der Waals surface area contributed by atoms with Crippen molar-refractivity contribution in [2.24, 2.45) is 0 Å². The Hall–Kier alpha value is 1.55. The van der Waals surface area contributed by atoms with Crippen molar-refractivity contribution in [2.75, 3.05) is 0 Å². The van der Waals surface area contributed by atoms with Crippen molar-refractivity contribution in [2.45, 2.75) is 0 Å². The second-order valence-electron chi connectivity index (χ2n) is 0.937. The normalized spacial score (nSPS) is 11.2. The van der Waals surface area contributed by atoms with E-state index in [1.54, 1.807) is 0 Å². The predicted molar refractivity (Wildman–Crippen MR) is 15.2 cm³/mol. The zero-order valence-electron chi connectivity index (χ0n) is 4.76. The van der Waals surface area contributed by atoms with Crippen LogP contribution in [0.1, 0.15) is 0 Å². The van der Waals surface area contributed by atoms with Gasteiger partial charge in [0.2, 0.25) is 0 Å². The van der Waals surface area contributed by atoms with Gasteiger partial charge in [0.25, 0.3) is 0 Å². The van der Waals surface area contributed by atoms with E-state index in [4.69, 9.17) is 0 Å². The van der Waals surface area contributed by atoms with E-state index in [0.717, 1.165) is 0 Å². The molecular weight excluding hydrogens is 289 g/mol. The van der Waals surface area contributed by atoms with E-state index in [1.165, 1.54) is 0 Å². The molecule has 0 fully saturated rings. The smallest absolute Gasteiger partial charge is 0.807 e. The molecule has 0 amide bonds. The van der Waals surface area contributed by atoms with Gasteiger partial charge < -0.3 is 28.7 Å². The summed E-state index contributed by atoms with van der Waals surface area (Å²) in [6, 6.07) is 0.